The molecule has 2 heteroatoms. The van der Waals surface area contributed by atoms with Crippen LogP contribution in [-0.4, -0.2) is 9.97 Å². The fraction of sp³-hybridized carbons (Fsp3) is 0.400. The van der Waals surface area contributed by atoms with E-state index in [-0.39, 0.29) is 0 Å². The molecule has 0 N–H and O–H groups in total. The normalized spacial score (nSPS) is 8.75. The number of rotatable bonds is 2. The average molecular weight is 160 g/mol. The van der Waals surface area contributed by atoms with Gasteiger partial charge in [0.1, 0.15) is 6.33 Å². The molecule has 1 aromatic heterocycles. The predicted molar refractivity (Wildman–Crippen MR) is 48.4 cm³/mol. The summed E-state index contributed by atoms with van der Waals surface area (Å²) in [6.45, 7) is 2.12. The molecule has 0 saturated carbocycles. The Morgan fingerprint density at radius 1 is 1.42 bits per heavy atom. The van der Waals surface area contributed by atoms with E-state index in [2.05, 4.69) is 28.7 Å². The van der Waals surface area contributed by atoms with E-state index in [4.69, 9.17) is 0 Å². The van der Waals surface area contributed by atoms with Crippen LogP contribution in [-0.2, 0) is 6.42 Å². The lowest BCUT2D eigenvalue weighted by molar-refractivity contribution is 0.980. The second kappa shape index (κ2) is 5.31. The Labute approximate surface area is 73.1 Å². The highest BCUT2D eigenvalue weighted by atomic mass is 14.8. The van der Waals surface area contributed by atoms with E-state index in [1.165, 1.54) is 0 Å². The second-order valence-corrected chi connectivity index (χ2v) is 2.48. The Kier molecular flexibility index (Phi) is 3.87. The molecule has 0 aliphatic heterocycles. The summed E-state index contributed by atoms with van der Waals surface area (Å²) < 4.78 is 0. The Balaban J connectivity index is 2.40. The summed E-state index contributed by atoms with van der Waals surface area (Å²) in [7, 11) is 0. The van der Waals surface area contributed by atoms with E-state index < -0.39 is 0 Å². The molecule has 0 spiro atoms. The van der Waals surface area contributed by atoms with E-state index in [1.807, 2.05) is 6.07 Å². The van der Waals surface area contributed by atoms with Gasteiger partial charge in [0.25, 0.3) is 0 Å². The van der Waals surface area contributed by atoms with Crippen molar-refractivity contribution < 1.29 is 0 Å². The van der Waals surface area contributed by atoms with Gasteiger partial charge in [0.2, 0.25) is 0 Å². The monoisotopic (exact) mass is 160 g/mol. The number of hydrogen-bond acceptors (Lipinski definition) is 2. The van der Waals surface area contributed by atoms with Crippen molar-refractivity contribution in [2.75, 3.05) is 0 Å². The first-order valence-electron chi connectivity index (χ1n) is 4.14. The van der Waals surface area contributed by atoms with Gasteiger partial charge in [-0.05, 0) is 12.5 Å². The minimum absolute atomic E-state index is 0.739. The van der Waals surface area contributed by atoms with Gasteiger partial charge in [-0.25, -0.2) is 9.97 Å². The topological polar surface area (TPSA) is 25.8 Å². The third-order valence-electron chi connectivity index (χ3n) is 1.41. The molecule has 0 atom stereocenters. The van der Waals surface area contributed by atoms with Gasteiger partial charge < -0.3 is 0 Å². The van der Waals surface area contributed by atoms with Crippen LogP contribution < -0.4 is 0 Å². The van der Waals surface area contributed by atoms with Gasteiger partial charge in [-0.3, -0.25) is 0 Å². The van der Waals surface area contributed by atoms with Crippen molar-refractivity contribution in [3.8, 4) is 11.8 Å². The molecule has 0 unspecified atom stereocenters. The van der Waals surface area contributed by atoms with Gasteiger partial charge in [0.15, 0.2) is 0 Å². The third-order valence-corrected chi connectivity index (χ3v) is 1.41. The molecule has 0 amide bonds. The summed E-state index contributed by atoms with van der Waals surface area (Å²) in [5.41, 5.74) is 0.994. The maximum Gasteiger partial charge on any atom is 0.115 e. The number of hydrogen-bond donors (Lipinski definition) is 0. The largest absolute Gasteiger partial charge is 0.245 e. The fourth-order valence-corrected chi connectivity index (χ4v) is 0.789. The van der Waals surface area contributed by atoms with E-state index in [0.717, 1.165) is 25.0 Å². The van der Waals surface area contributed by atoms with Crippen molar-refractivity contribution in [2.24, 2.45) is 0 Å². The van der Waals surface area contributed by atoms with Crippen molar-refractivity contribution >= 4 is 0 Å². The van der Waals surface area contributed by atoms with Crippen LogP contribution in [0.3, 0.4) is 0 Å². The SMILES string of the molecule is CCCC#CCc1ccncn1. The lowest BCUT2D eigenvalue weighted by Gasteiger charge is -1.89. The zero-order valence-electron chi connectivity index (χ0n) is 7.25. The first-order valence-corrected chi connectivity index (χ1v) is 4.14. The molecule has 62 valence electrons. The average Bonchev–Trinajstić information content (AvgIpc) is 2.14. The lowest BCUT2D eigenvalue weighted by atomic mass is 10.3. The highest BCUT2D eigenvalue weighted by Crippen LogP contribution is 1.91. The summed E-state index contributed by atoms with van der Waals surface area (Å²) >= 11 is 0. The van der Waals surface area contributed by atoms with Gasteiger partial charge in [-0.15, -0.1) is 5.92 Å². The minimum atomic E-state index is 0.739. The summed E-state index contributed by atoms with van der Waals surface area (Å²) in [5.74, 6) is 6.14. The van der Waals surface area contributed by atoms with Crippen molar-refractivity contribution in [2.45, 2.75) is 26.2 Å². The Morgan fingerprint density at radius 2 is 2.33 bits per heavy atom. The number of nitrogens with zero attached hydrogens (tertiary/aromatic N) is 2. The zero-order chi connectivity index (χ0) is 8.65. The predicted octanol–water partition coefficient (Wildman–Crippen LogP) is 1.82. The van der Waals surface area contributed by atoms with Gasteiger partial charge in [-0.1, -0.05) is 12.8 Å². The van der Waals surface area contributed by atoms with Gasteiger partial charge in [0, 0.05) is 12.6 Å². The highest BCUT2D eigenvalue weighted by Gasteiger charge is 1.86. The van der Waals surface area contributed by atoms with Gasteiger partial charge in [0.05, 0.1) is 12.1 Å². The van der Waals surface area contributed by atoms with Crippen LogP contribution in [0.15, 0.2) is 18.6 Å². The zero-order valence-corrected chi connectivity index (χ0v) is 7.25. The molecular weight excluding hydrogens is 148 g/mol. The number of unbranched alkanes of at least 4 members (excludes halogenated alkanes) is 1. The minimum Gasteiger partial charge on any atom is -0.245 e. The lowest BCUT2D eigenvalue weighted by Crippen LogP contribution is -1.86. The Bertz CT molecular complexity index is 269. The van der Waals surface area contributed by atoms with Crippen LogP contribution in [0.2, 0.25) is 0 Å². The summed E-state index contributed by atoms with van der Waals surface area (Å²) in [6, 6.07) is 1.89. The molecule has 1 aromatic rings. The molecule has 0 aliphatic carbocycles. The maximum absolute atomic E-state index is 4.06. The van der Waals surface area contributed by atoms with Crippen LogP contribution in [0.4, 0.5) is 0 Å². The molecule has 0 aliphatic rings. The molecule has 1 heterocycles. The third kappa shape index (κ3) is 3.16. The van der Waals surface area contributed by atoms with Crippen LogP contribution in [0.25, 0.3) is 0 Å². The van der Waals surface area contributed by atoms with Crippen LogP contribution in [0.5, 0.6) is 0 Å². The van der Waals surface area contributed by atoms with Crippen molar-refractivity contribution in [3.05, 3.63) is 24.3 Å². The Hall–Kier alpha value is -1.36. The summed E-state index contributed by atoms with van der Waals surface area (Å²) in [5, 5.41) is 0. The second-order valence-electron chi connectivity index (χ2n) is 2.48. The molecular formula is C10H12N2. The van der Waals surface area contributed by atoms with Gasteiger partial charge in [-0.2, -0.15) is 0 Å². The van der Waals surface area contributed by atoms with Crippen LogP contribution in [0.1, 0.15) is 25.5 Å². The smallest absolute Gasteiger partial charge is 0.115 e. The van der Waals surface area contributed by atoms with E-state index in [9.17, 15) is 0 Å². The van der Waals surface area contributed by atoms with E-state index in [0.29, 0.717) is 0 Å². The molecule has 2 nitrogen and oxygen atoms in total. The molecule has 12 heavy (non-hydrogen) atoms. The molecule has 0 bridgehead atoms. The first kappa shape index (κ1) is 8.73. The van der Waals surface area contributed by atoms with Gasteiger partial charge >= 0.3 is 0 Å². The van der Waals surface area contributed by atoms with E-state index >= 15 is 0 Å². The summed E-state index contributed by atoms with van der Waals surface area (Å²) in [4.78, 5) is 7.89. The maximum atomic E-state index is 4.06. The molecule has 0 aromatic carbocycles. The molecule has 0 radical (unpaired) electrons. The van der Waals surface area contributed by atoms with Crippen LogP contribution in [0, 0.1) is 11.8 Å². The molecule has 0 saturated heterocycles. The van der Waals surface area contributed by atoms with Crippen molar-refractivity contribution in [1.29, 1.82) is 0 Å². The van der Waals surface area contributed by atoms with Crippen LogP contribution >= 0.6 is 0 Å². The standard InChI is InChI=1S/C10H12N2/c1-2-3-4-5-6-10-7-8-11-9-12-10/h7-9H,2-3,6H2,1H3. The highest BCUT2D eigenvalue weighted by molar-refractivity contribution is 5.10. The first-order chi connectivity index (χ1) is 5.93. The molecule has 1 rings (SSSR count). The fourth-order valence-electron chi connectivity index (χ4n) is 0.789. The summed E-state index contributed by atoms with van der Waals surface area (Å²) in [6.07, 6.45) is 6.13. The molecule has 0 fully saturated rings. The van der Waals surface area contributed by atoms with E-state index in [1.54, 1.807) is 12.5 Å². The Morgan fingerprint density at radius 3 is 3.00 bits per heavy atom. The van der Waals surface area contributed by atoms with Crippen molar-refractivity contribution in [1.82, 2.24) is 9.97 Å². The quantitative estimate of drug-likeness (QED) is 0.617. The van der Waals surface area contributed by atoms with Crippen molar-refractivity contribution in [3.63, 3.8) is 0 Å². The number of aromatic nitrogens is 2.